The number of rotatable bonds is 5. The van der Waals surface area contributed by atoms with Crippen LogP contribution in [-0.2, 0) is 6.54 Å². The molecule has 0 radical (unpaired) electrons. The van der Waals surface area contributed by atoms with Gasteiger partial charge in [0.25, 0.3) is 0 Å². The van der Waals surface area contributed by atoms with Gasteiger partial charge in [-0.3, -0.25) is 0 Å². The fourth-order valence-electron chi connectivity index (χ4n) is 1.61. The lowest BCUT2D eigenvalue weighted by Gasteiger charge is -2.22. The molecule has 0 saturated heterocycles. The van der Waals surface area contributed by atoms with Gasteiger partial charge in [0.05, 0.1) is 0 Å². The standard InChI is InChI=1S/C12H19ClN2/c1-3-4-7-15(2)12-6-5-11(13)8-10(12)9-14/h5-6,8H,3-4,7,9,14H2,1-2H3. The van der Waals surface area contributed by atoms with E-state index in [1.807, 2.05) is 18.2 Å². The van der Waals surface area contributed by atoms with Crippen molar-refractivity contribution in [1.29, 1.82) is 0 Å². The minimum atomic E-state index is 0.534. The van der Waals surface area contributed by atoms with Crippen molar-refractivity contribution >= 4 is 17.3 Å². The van der Waals surface area contributed by atoms with Crippen molar-refractivity contribution in [1.82, 2.24) is 0 Å². The first kappa shape index (κ1) is 12.3. The van der Waals surface area contributed by atoms with Crippen LogP contribution in [0, 0.1) is 0 Å². The summed E-state index contributed by atoms with van der Waals surface area (Å²) in [4.78, 5) is 2.24. The van der Waals surface area contributed by atoms with Crippen LogP contribution < -0.4 is 10.6 Å². The molecular weight excluding hydrogens is 208 g/mol. The Balaban J connectivity index is 2.82. The highest BCUT2D eigenvalue weighted by Crippen LogP contribution is 2.23. The fourth-order valence-corrected chi connectivity index (χ4v) is 1.80. The lowest BCUT2D eigenvalue weighted by atomic mass is 10.1. The second-order valence-electron chi connectivity index (χ2n) is 3.75. The van der Waals surface area contributed by atoms with Crippen molar-refractivity contribution in [3.63, 3.8) is 0 Å². The molecule has 0 aliphatic rings. The normalized spacial score (nSPS) is 10.4. The third-order valence-corrected chi connectivity index (χ3v) is 2.75. The van der Waals surface area contributed by atoms with Crippen LogP contribution in [0.1, 0.15) is 25.3 Å². The van der Waals surface area contributed by atoms with Crippen LogP contribution in [0.15, 0.2) is 18.2 Å². The molecule has 0 heterocycles. The molecule has 0 amide bonds. The zero-order chi connectivity index (χ0) is 11.3. The van der Waals surface area contributed by atoms with Crippen molar-refractivity contribution < 1.29 is 0 Å². The van der Waals surface area contributed by atoms with Crippen LogP contribution in [0.5, 0.6) is 0 Å². The van der Waals surface area contributed by atoms with E-state index in [0.717, 1.165) is 17.1 Å². The number of nitrogens with zero attached hydrogens (tertiary/aromatic N) is 1. The second-order valence-corrected chi connectivity index (χ2v) is 4.19. The van der Waals surface area contributed by atoms with Gasteiger partial charge in [0.1, 0.15) is 0 Å². The molecule has 0 atom stereocenters. The molecule has 1 aromatic carbocycles. The summed E-state index contributed by atoms with van der Waals surface area (Å²) in [6.07, 6.45) is 2.40. The van der Waals surface area contributed by atoms with Crippen LogP contribution in [-0.4, -0.2) is 13.6 Å². The zero-order valence-electron chi connectivity index (χ0n) is 9.46. The number of nitrogens with two attached hydrogens (primary N) is 1. The van der Waals surface area contributed by atoms with E-state index < -0.39 is 0 Å². The SMILES string of the molecule is CCCCN(C)c1ccc(Cl)cc1CN. The molecule has 15 heavy (non-hydrogen) atoms. The average Bonchev–Trinajstić information content (AvgIpc) is 2.25. The van der Waals surface area contributed by atoms with Gasteiger partial charge in [-0.1, -0.05) is 24.9 Å². The van der Waals surface area contributed by atoms with Gasteiger partial charge in [-0.25, -0.2) is 0 Å². The molecule has 0 aliphatic carbocycles. The van der Waals surface area contributed by atoms with E-state index in [9.17, 15) is 0 Å². The maximum Gasteiger partial charge on any atom is 0.0410 e. The number of hydrogen-bond acceptors (Lipinski definition) is 2. The van der Waals surface area contributed by atoms with Crippen LogP contribution >= 0.6 is 11.6 Å². The Hall–Kier alpha value is -0.730. The molecule has 0 unspecified atom stereocenters. The first-order valence-electron chi connectivity index (χ1n) is 5.38. The Morgan fingerprint density at radius 2 is 2.13 bits per heavy atom. The van der Waals surface area contributed by atoms with Crippen molar-refractivity contribution in [2.45, 2.75) is 26.3 Å². The Morgan fingerprint density at radius 1 is 1.40 bits per heavy atom. The first-order valence-corrected chi connectivity index (χ1v) is 5.76. The number of anilines is 1. The molecule has 0 bridgehead atoms. The molecule has 84 valence electrons. The summed E-state index contributed by atoms with van der Waals surface area (Å²) in [6, 6.07) is 5.90. The maximum absolute atomic E-state index is 5.93. The molecule has 2 N–H and O–H groups in total. The third kappa shape index (κ3) is 3.40. The fraction of sp³-hybridized carbons (Fsp3) is 0.500. The summed E-state index contributed by atoms with van der Waals surface area (Å²) in [6.45, 7) is 3.79. The molecule has 0 aromatic heterocycles. The van der Waals surface area contributed by atoms with E-state index in [0.29, 0.717) is 6.54 Å². The van der Waals surface area contributed by atoms with E-state index in [1.165, 1.54) is 18.5 Å². The molecule has 3 heteroatoms. The molecule has 0 spiro atoms. The molecule has 2 nitrogen and oxygen atoms in total. The summed E-state index contributed by atoms with van der Waals surface area (Å²) < 4.78 is 0. The van der Waals surface area contributed by atoms with Gasteiger partial charge < -0.3 is 10.6 Å². The van der Waals surface area contributed by atoms with Crippen molar-refractivity contribution in [3.05, 3.63) is 28.8 Å². The van der Waals surface area contributed by atoms with Gasteiger partial charge in [0, 0.05) is 30.8 Å². The summed E-state index contributed by atoms with van der Waals surface area (Å²) in [5.74, 6) is 0. The first-order chi connectivity index (χ1) is 7.19. The number of halogens is 1. The lowest BCUT2D eigenvalue weighted by molar-refractivity contribution is 0.763. The predicted octanol–water partition coefficient (Wildman–Crippen LogP) is 3.04. The Labute approximate surface area is 97.0 Å². The van der Waals surface area contributed by atoms with Gasteiger partial charge in [-0.2, -0.15) is 0 Å². The molecule has 0 fully saturated rings. The minimum Gasteiger partial charge on any atom is -0.374 e. The Kier molecular flexibility index (Phi) is 4.92. The minimum absolute atomic E-state index is 0.534. The average molecular weight is 227 g/mol. The highest BCUT2D eigenvalue weighted by molar-refractivity contribution is 6.30. The van der Waals surface area contributed by atoms with Crippen LogP contribution in [0.4, 0.5) is 5.69 Å². The quantitative estimate of drug-likeness (QED) is 0.836. The van der Waals surface area contributed by atoms with Crippen molar-refractivity contribution in [3.8, 4) is 0 Å². The number of unbranched alkanes of at least 4 members (excludes halogenated alkanes) is 1. The molecule has 0 saturated carbocycles. The van der Waals surface area contributed by atoms with E-state index in [2.05, 4.69) is 18.9 Å². The molecular formula is C12H19ClN2. The van der Waals surface area contributed by atoms with Crippen molar-refractivity contribution in [2.24, 2.45) is 5.73 Å². The summed E-state index contributed by atoms with van der Waals surface area (Å²) in [5.41, 5.74) is 8.00. The van der Waals surface area contributed by atoms with Gasteiger partial charge in [-0.05, 0) is 30.2 Å². The highest BCUT2D eigenvalue weighted by atomic mass is 35.5. The molecule has 1 aromatic rings. The van der Waals surface area contributed by atoms with E-state index in [1.54, 1.807) is 0 Å². The van der Waals surface area contributed by atoms with E-state index in [-0.39, 0.29) is 0 Å². The summed E-state index contributed by atoms with van der Waals surface area (Å²) in [7, 11) is 2.10. The number of hydrogen-bond donors (Lipinski definition) is 1. The van der Waals surface area contributed by atoms with E-state index in [4.69, 9.17) is 17.3 Å². The summed E-state index contributed by atoms with van der Waals surface area (Å²) in [5, 5.41) is 0.753. The van der Waals surface area contributed by atoms with Gasteiger partial charge in [-0.15, -0.1) is 0 Å². The van der Waals surface area contributed by atoms with Crippen LogP contribution in [0.3, 0.4) is 0 Å². The largest absolute Gasteiger partial charge is 0.374 e. The Bertz CT molecular complexity index is 312. The van der Waals surface area contributed by atoms with Gasteiger partial charge in [0.2, 0.25) is 0 Å². The van der Waals surface area contributed by atoms with Crippen LogP contribution in [0.2, 0.25) is 5.02 Å². The van der Waals surface area contributed by atoms with Crippen molar-refractivity contribution in [2.75, 3.05) is 18.5 Å². The monoisotopic (exact) mass is 226 g/mol. The second kappa shape index (κ2) is 5.99. The zero-order valence-corrected chi connectivity index (χ0v) is 10.2. The molecule has 0 aliphatic heterocycles. The Morgan fingerprint density at radius 3 is 2.73 bits per heavy atom. The number of benzene rings is 1. The maximum atomic E-state index is 5.93. The van der Waals surface area contributed by atoms with Gasteiger partial charge in [0.15, 0.2) is 0 Å². The topological polar surface area (TPSA) is 29.3 Å². The third-order valence-electron chi connectivity index (χ3n) is 2.52. The van der Waals surface area contributed by atoms with Gasteiger partial charge >= 0.3 is 0 Å². The van der Waals surface area contributed by atoms with E-state index >= 15 is 0 Å². The smallest absolute Gasteiger partial charge is 0.0410 e. The lowest BCUT2D eigenvalue weighted by Crippen LogP contribution is -2.20. The van der Waals surface area contributed by atoms with Crippen LogP contribution in [0.25, 0.3) is 0 Å². The highest BCUT2D eigenvalue weighted by Gasteiger charge is 2.06. The predicted molar refractivity (Wildman–Crippen MR) is 67.5 cm³/mol. The molecule has 1 rings (SSSR count). The summed E-state index contributed by atoms with van der Waals surface area (Å²) >= 11 is 5.93.